The average molecular weight is 214 g/mol. The first-order valence-electron chi connectivity index (χ1n) is 5.86. The summed E-state index contributed by atoms with van der Waals surface area (Å²) in [5, 5.41) is 3.04. The fourth-order valence-corrected chi connectivity index (χ4v) is 1.85. The van der Waals surface area contributed by atoms with Crippen LogP contribution in [0.3, 0.4) is 0 Å². The molecule has 0 bridgehead atoms. The second-order valence-corrected chi connectivity index (χ2v) is 4.11. The third-order valence-corrected chi connectivity index (χ3v) is 2.89. The molecule has 3 N–H and O–H groups in total. The minimum absolute atomic E-state index is 0.0468. The van der Waals surface area contributed by atoms with Crippen LogP contribution >= 0.6 is 0 Å². The lowest BCUT2D eigenvalue weighted by atomic mass is 10.0. The van der Waals surface area contributed by atoms with Gasteiger partial charge >= 0.3 is 0 Å². The highest BCUT2D eigenvalue weighted by Crippen LogP contribution is 2.14. The molecule has 0 aromatic carbocycles. The summed E-state index contributed by atoms with van der Waals surface area (Å²) in [5.41, 5.74) is 5.48. The maximum atomic E-state index is 11.8. The van der Waals surface area contributed by atoms with Gasteiger partial charge in [-0.3, -0.25) is 4.79 Å². The molecule has 1 heterocycles. The summed E-state index contributed by atoms with van der Waals surface area (Å²) in [7, 11) is 0. The van der Waals surface area contributed by atoms with Crippen LogP contribution in [0.4, 0.5) is 0 Å². The average Bonchev–Trinajstić information content (AvgIpc) is 2.29. The molecule has 4 nitrogen and oxygen atoms in total. The standard InChI is InChI=1S/C11H22N2O2/c1-2-10(5-6-12)13-11(14)9-4-3-7-15-8-9/h9-10H,2-8,12H2,1H3,(H,13,14). The highest BCUT2D eigenvalue weighted by Gasteiger charge is 2.23. The van der Waals surface area contributed by atoms with Gasteiger partial charge in [0.2, 0.25) is 5.91 Å². The molecule has 1 aliphatic rings. The van der Waals surface area contributed by atoms with E-state index in [9.17, 15) is 4.79 Å². The molecule has 2 atom stereocenters. The van der Waals surface area contributed by atoms with E-state index < -0.39 is 0 Å². The van der Waals surface area contributed by atoms with E-state index in [4.69, 9.17) is 10.5 Å². The van der Waals surface area contributed by atoms with Gasteiger partial charge < -0.3 is 15.8 Å². The Labute approximate surface area is 91.5 Å². The first-order chi connectivity index (χ1) is 7.27. The van der Waals surface area contributed by atoms with Gasteiger partial charge in [-0.25, -0.2) is 0 Å². The van der Waals surface area contributed by atoms with Crippen LogP contribution in [0.25, 0.3) is 0 Å². The maximum Gasteiger partial charge on any atom is 0.225 e. The van der Waals surface area contributed by atoms with Crippen molar-refractivity contribution >= 4 is 5.91 Å². The molecule has 0 aliphatic carbocycles. The minimum Gasteiger partial charge on any atom is -0.381 e. The maximum absolute atomic E-state index is 11.8. The second-order valence-electron chi connectivity index (χ2n) is 4.11. The van der Waals surface area contributed by atoms with E-state index in [1.807, 2.05) is 0 Å². The van der Waals surface area contributed by atoms with Crippen LogP contribution in [0.2, 0.25) is 0 Å². The molecule has 1 amide bonds. The predicted molar refractivity (Wildman–Crippen MR) is 59.4 cm³/mol. The van der Waals surface area contributed by atoms with Gasteiger partial charge in [-0.2, -0.15) is 0 Å². The van der Waals surface area contributed by atoms with E-state index in [-0.39, 0.29) is 17.9 Å². The van der Waals surface area contributed by atoms with Crippen molar-refractivity contribution in [2.45, 2.75) is 38.6 Å². The van der Waals surface area contributed by atoms with Crippen LogP contribution in [0.15, 0.2) is 0 Å². The summed E-state index contributed by atoms with van der Waals surface area (Å²) in [6, 6.07) is 0.226. The van der Waals surface area contributed by atoms with Gasteiger partial charge in [0.25, 0.3) is 0 Å². The number of rotatable bonds is 5. The van der Waals surface area contributed by atoms with E-state index in [1.54, 1.807) is 0 Å². The molecular formula is C11H22N2O2. The van der Waals surface area contributed by atoms with Crippen molar-refractivity contribution < 1.29 is 9.53 Å². The molecule has 2 unspecified atom stereocenters. The zero-order chi connectivity index (χ0) is 11.1. The van der Waals surface area contributed by atoms with Gasteiger partial charge in [-0.1, -0.05) is 6.92 Å². The molecule has 88 valence electrons. The van der Waals surface area contributed by atoms with Crippen LogP contribution in [-0.4, -0.2) is 31.7 Å². The Balaban J connectivity index is 2.31. The molecular weight excluding hydrogens is 192 g/mol. The van der Waals surface area contributed by atoms with Gasteiger partial charge in [0, 0.05) is 12.6 Å². The number of carbonyl (C=O) groups is 1. The van der Waals surface area contributed by atoms with E-state index in [2.05, 4.69) is 12.2 Å². The first kappa shape index (κ1) is 12.5. The van der Waals surface area contributed by atoms with E-state index in [0.717, 1.165) is 32.3 Å². The Morgan fingerprint density at radius 1 is 1.67 bits per heavy atom. The van der Waals surface area contributed by atoms with Crippen molar-refractivity contribution in [1.29, 1.82) is 0 Å². The molecule has 15 heavy (non-hydrogen) atoms. The molecule has 1 fully saturated rings. The highest BCUT2D eigenvalue weighted by atomic mass is 16.5. The molecule has 0 aromatic heterocycles. The quantitative estimate of drug-likeness (QED) is 0.706. The number of hydrogen-bond donors (Lipinski definition) is 2. The SMILES string of the molecule is CCC(CCN)NC(=O)C1CCCOC1. The summed E-state index contributed by atoms with van der Waals surface area (Å²) in [4.78, 5) is 11.8. The Kier molecular flexibility index (Phi) is 5.65. The number of carbonyl (C=O) groups excluding carboxylic acids is 1. The predicted octanol–water partition coefficient (Wildman–Crippen LogP) is 0.657. The van der Waals surface area contributed by atoms with Gasteiger partial charge in [0.05, 0.1) is 12.5 Å². The van der Waals surface area contributed by atoms with Crippen LogP contribution in [0.1, 0.15) is 32.6 Å². The van der Waals surface area contributed by atoms with Crippen molar-refractivity contribution in [2.75, 3.05) is 19.8 Å². The van der Waals surface area contributed by atoms with Gasteiger partial charge in [0.1, 0.15) is 0 Å². The Hall–Kier alpha value is -0.610. The summed E-state index contributed by atoms with van der Waals surface area (Å²) < 4.78 is 5.29. The fourth-order valence-electron chi connectivity index (χ4n) is 1.85. The summed E-state index contributed by atoms with van der Waals surface area (Å²) in [6.45, 7) is 4.06. The van der Waals surface area contributed by atoms with Gasteiger partial charge in [0.15, 0.2) is 0 Å². The second kappa shape index (κ2) is 6.80. The van der Waals surface area contributed by atoms with Crippen LogP contribution in [0, 0.1) is 5.92 Å². The molecule has 1 saturated heterocycles. The van der Waals surface area contributed by atoms with Gasteiger partial charge in [-0.15, -0.1) is 0 Å². The monoisotopic (exact) mass is 214 g/mol. The number of ether oxygens (including phenoxy) is 1. The third kappa shape index (κ3) is 4.18. The van der Waals surface area contributed by atoms with Crippen molar-refractivity contribution in [3.63, 3.8) is 0 Å². The van der Waals surface area contributed by atoms with Crippen LogP contribution < -0.4 is 11.1 Å². The number of nitrogens with one attached hydrogen (secondary N) is 1. The third-order valence-electron chi connectivity index (χ3n) is 2.89. The van der Waals surface area contributed by atoms with Crippen LogP contribution in [0.5, 0.6) is 0 Å². The summed E-state index contributed by atoms with van der Waals surface area (Å²) >= 11 is 0. The summed E-state index contributed by atoms with van der Waals surface area (Å²) in [5.74, 6) is 0.181. The zero-order valence-corrected chi connectivity index (χ0v) is 9.50. The Bertz CT molecular complexity index is 191. The lowest BCUT2D eigenvalue weighted by Gasteiger charge is -2.24. The number of amides is 1. The molecule has 0 spiro atoms. The topological polar surface area (TPSA) is 64.3 Å². The lowest BCUT2D eigenvalue weighted by molar-refractivity contribution is -0.129. The van der Waals surface area contributed by atoms with Crippen LogP contribution in [-0.2, 0) is 9.53 Å². The van der Waals surface area contributed by atoms with E-state index in [0.29, 0.717) is 13.2 Å². The molecule has 0 aromatic rings. The highest BCUT2D eigenvalue weighted by molar-refractivity contribution is 5.79. The minimum atomic E-state index is 0.0468. The lowest BCUT2D eigenvalue weighted by Crippen LogP contribution is -2.42. The van der Waals surface area contributed by atoms with Crippen molar-refractivity contribution in [1.82, 2.24) is 5.32 Å². The Morgan fingerprint density at radius 3 is 3.00 bits per heavy atom. The fraction of sp³-hybridized carbons (Fsp3) is 0.909. The van der Waals surface area contributed by atoms with Gasteiger partial charge in [-0.05, 0) is 32.2 Å². The van der Waals surface area contributed by atoms with E-state index in [1.165, 1.54) is 0 Å². The summed E-state index contributed by atoms with van der Waals surface area (Å²) in [6.07, 6.45) is 3.74. The number of nitrogens with two attached hydrogens (primary N) is 1. The van der Waals surface area contributed by atoms with Crippen molar-refractivity contribution in [3.8, 4) is 0 Å². The molecule has 0 saturated carbocycles. The molecule has 1 rings (SSSR count). The van der Waals surface area contributed by atoms with E-state index >= 15 is 0 Å². The Morgan fingerprint density at radius 2 is 2.47 bits per heavy atom. The number of hydrogen-bond acceptors (Lipinski definition) is 3. The molecule has 4 heteroatoms. The normalized spacial score (nSPS) is 23.5. The van der Waals surface area contributed by atoms with Crippen molar-refractivity contribution in [3.05, 3.63) is 0 Å². The first-order valence-corrected chi connectivity index (χ1v) is 5.86. The largest absolute Gasteiger partial charge is 0.381 e. The zero-order valence-electron chi connectivity index (χ0n) is 9.50. The molecule has 1 aliphatic heterocycles. The smallest absolute Gasteiger partial charge is 0.225 e. The molecule has 0 radical (unpaired) electrons. The van der Waals surface area contributed by atoms with Crippen molar-refractivity contribution in [2.24, 2.45) is 11.7 Å².